The van der Waals surface area contributed by atoms with Crippen molar-refractivity contribution in [3.8, 4) is 0 Å². The second kappa shape index (κ2) is 7.25. The molecule has 7 nitrogen and oxygen atoms in total. The van der Waals surface area contributed by atoms with Crippen LogP contribution in [0.2, 0.25) is 0 Å². The Morgan fingerprint density at radius 3 is 2.50 bits per heavy atom. The van der Waals surface area contributed by atoms with Crippen LogP contribution < -0.4 is 5.32 Å². The first-order valence-electron chi connectivity index (χ1n) is 7.85. The summed E-state index contributed by atoms with van der Waals surface area (Å²) in [7, 11) is 0. The molecule has 0 atom stereocenters. The zero-order chi connectivity index (χ0) is 17.9. The molecule has 0 fully saturated rings. The number of carboxylic acid groups (broad SMARTS) is 1. The van der Waals surface area contributed by atoms with E-state index in [0.717, 1.165) is 15.9 Å². The number of aliphatic carboxylic acids is 1. The summed E-state index contributed by atoms with van der Waals surface area (Å²) < 4.78 is 1.11. The van der Waals surface area contributed by atoms with Gasteiger partial charge in [-0.25, -0.2) is 4.68 Å². The Bertz CT molecular complexity index is 750. The van der Waals surface area contributed by atoms with E-state index in [0.29, 0.717) is 5.92 Å². The zero-order valence-corrected chi connectivity index (χ0v) is 14.3. The van der Waals surface area contributed by atoms with Crippen molar-refractivity contribution in [1.29, 1.82) is 0 Å². The van der Waals surface area contributed by atoms with Crippen molar-refractivity contribution in [2.75, 3.05) is 5.32 Å². The average Bonchev–Trinajstić information content (AvgIpc) is 2.94. The molecule has 24 heavy (non-hydrogen) atoms. The highest BCUT2D eigenvalue weighted by molar-refractivity contribution is 6.03. The van der Waals surface area contributed by atoms with Crippen LogP contribution in [-0.2, 0) is 11.3 Å². The van der Waals surface area contributed by atoms with Gasteiger partial charge in [-0.3, -0.25) is 9.59 Å². The maximum atomic E-state index is 12.3. The van der Waals surface area contributed by atoms with Crippen molar-refractivity contribution in [2.24, 2.45) is 0 Å². The molecule has 7 heteroatoms. The fourth-order valence-corrected chi connectivity index (χ4v) is 2.34. The zero-order valence-electron chi connectivity index (χ0n) is 14.3. The van der Waals surface area contributed by atoms with Gasteiger partial charge >= 0.3 is 5.97 Å². The molecule has 2 aromatic rings. The molecule has 2 rings (SSSR count). The molecule has 2 N–H and O–H groups in total. The number of hydrogen-bond donors (Lipinski definition) is 2. The molecule has 0 radical (unpaired) electrons. The maximum Gasteiger partial charge on any atom is 0.325 e. The van der Waals surface area contributed by atoms with Gasteiger partial charge in [0.1, 0.15) is 6.54 Å². The molecule has 1 heterocycles. The van der Waals surface area contributed by atoms with Crippen LogP contribution in [0, 0.1) is 0 Å². The minimum Gasteiger partial charge on any atom is -0.480 e. The number of carbonyl (C=O) groups is 2. The van der Waals surface area contributed by atoms with Gasteiger partial charge in [-0.15, -0.1) is 5.10 Å². The number of carboxylic acids is 1. The molecular weight excluding hydrogens is 308 g/mol. The number of nitrogens with one attached hydrogen (secondary N) is 1. The van der Waals surface area contributed by atoms with E-state index in [4.69, 9.17) is 5.11 Å². The topological polar surface area (TPSA) is 97.1 Å². The Balaban J connectivity index is 2.22. The summed E-state index contributed by atoms with van der Waals surface area (Å²) in [5, 5.41) is 18.9. The third kappa shape index (κ3) is 4.18. The molecule has 0 saturated carbocycles. The highest BCUT2D eigenvalue weighted by Gasteiger charge is 2.16. The van der Waals surface area contributed by atoms with E-state index in [1.165, 1.54) is 11.8 Å². The minimum atomic E-state index is -1.04. The Morgan fingerprint density at radius 1 is 1.21 bits per heavy atom. The lowest BCUT2D eigenvalue weighted by Crippen LogP contribution is -2.14. The van der Waals surface area contributed by atoms with Gasteiger partial charge in [-0.1, -0.05) is 45.0 Å². The smallest absolute Gasteiger partial charge is 0.325 e. The highest BCUT2D eigenvalue weighted by Crippen LogP contribution is 2.28. The Morgan fingerprint density at radius 2 is 1.92 bits per heavy atom. The second-order valence-electron chi connectivity index (χ2n) is 6.31. The van der Waals surface area contributed by atoms with Crippen LogP contribution in [-0.4, -0.2) is 32.0 Å². The predicted molar refractivity (Wildman–Crippen MR) is 90.2 cm³/mol. The fourth-order valence-electron chi connectivity index (χ4n) is 2.34. The van der Waals surface area contributed by atoms with Gasteiger partial charge in [-0.05, 0) is 29.0 Å². The number of amides is 1. The summed E-state index contributed by atoms with van der Waals surface area (Å²) in [4.78, 5) is 23.0. The van der Waals surface area contributed by atoms with Gasteiger partial charge in [0.15, 0.2) is 5.69 Å². The van der Waals surface area contributed by atoms with E-state index in [9.17, 15) is 9.59 Å². The number of rotatable bonds is 6. The summed E-state index contributed by atoms with van der Waals surface area (Å²) >= 11 is 0. The van der Waals surface area contributed by atoms with E-state index in [-0.39, 0.29) is 18.2 Å². The van der Waals surface area contributed by atoms with Crippen LogP contribution in [0.4, 0.5) is 5.69 Å². The van der Waals surface area contributed by atoms with Gasteiger partial charge < -0.3 is 10.4 Å². The second-order valence-corrected chi connectivity index (χ2v) is 6.31. The van der Waals surface area contributed by atoms with Crippen LogP contribution in [0.15, 0.2) is 24.4 Å². The molecule has 1 aromatic heterocycles. The van der Waals surface area contributed by atoms with E-state index >= 15 is 0 Å². The highest BCUT2D eigenvalue weighted by atomic mass is 16.4. The first-order chi connectivity index (χ1) is 11.3. The molecule has 0 saturated heterocycles. The number of nitrogens with zero attached hydrogens (tertiary/aromatic N) is 3. The number of benzene rings is 1. The van der Waals surface area contributed by atoms with Crippen LogP contribution in [0.3, 0.4) is 0 Å². The summed E-state index contributed by atoms with van der Waals surface area (Å²) in [6, 6.07) is 5.99. The summed E-state index contributed by atoms with van der Waals surface area (Å²) in [5.41, 5.74) is 3.07. The molecule has 0 spiro atoms. The molecule has 0 bridgehead atoms. The van der Waals surface area contributed by atoms with Gasteiger partial charge in [0.25, 0.3) is 5.91 Å². The Hall–Kier alpha value is -2.70. The lowest BCUT2D eigenvalue weighted by molar-refractivity contribution is -0.137. The van der Waals surface area contributed by atoms with Gasteiger partial charge in [0, 0.05) is 5.69 Å². The van der Waals surface area contributed by atoms with Crippen LogP contribution >= 0.6 is 0 Å². The van der Waals surface area contributed by atoms with Crippen molar-refractivity contribution in [1.82, 2.24) is 15.0 Å². The van der Waals surface area contributed by atoms with Crippen LogP contribution in [0.25, 0.3) is 0 Å². The van der Waals surface area contributed by atoms with Crippen molar-refractivity contribution in [2.45, 2.75) is 46.1 Å². The molecule has 1 aromatic carbocycles. The first-order valence-corrected chi connectivity index (χ1v) is 7.85. The predicted octanol–water partition coefficient (Wildman–Crippen LogP) is 2.86. The largest absolute Gasteiger partial charge is 0.480 e. The third-order valence-corrected chi connectivity index (χ3v) is 3.68. The first kappa shape index (κ1) is 17.7. The van der Waals surface area contributed by atoms with Crippen molar-refractivity contribution in [3.63, 3.8) is 0 Å². The standard InChI is InChI=1S/C17H22N4O3/c1-10(2)12-5-6-14(13(7-12)11(3)4)18-17(24)15-8-21(20-19-15)9-16(22)23/h5-8,10-11H,9H2,1-4H3,(H,18,24)(H,22,23). The van der Waals surface area contributed by atoms with E-state index in [2.05, 4.69) is 49.4 Å². The Kier molecular flexibility index (Phi) is 5.33. The molecule has 0 unspecified atom stereocenters. The monoisotopic (exact) mass is 330 g/mol. The van der Waals surface area contributed by atoms with E-state index < -0.39 is 11.9 Å². The van der Waals surface area contributed by atoms with Crippen molar-refractivity contribution >= 4 is 17.6 Å². The van der Waals surface area contributed by atoms with E-state index in [1.54, 1.807) is 0 Å². The Labute approximate surface area is 140 Å². The number of hydrogen-bond acceptors (Lipinski definition) is 4. The maximum absolute atomic E-state index is 12.3. The summed E-state index contributed by atoms with van der Waals surface area (Å²) in [5.74, 6) is -0.797. The third-order valence-electron chi connectivity index (χ3n) is 3.68. The van der Waals surface area contributed by atoms with Crippen LogP contribution in [0.1, 0.15) is 61.1 Å². The van der Waals surface area contributed by atoms with Crippen molar-refractivity contribution in [3.05, 3.63) is 41.2 Å². The van der Waals surface area contributed by atoms with Gasteiger partial charge in [-0.2, -0.15) is 0 Å². The average molecular weight is 330 g/mol. The molecule has 0 aliphatic carbocycles. The quantitative estimate of drug-likeness (QED) is 0.849. The van der Waals surface area contributed by atoms with Gasteiger partial charge in [0.2, 0.25) is 0 Å². The number of aromatic nitrogens is 3. The number of carbonyl (C=O) groups excluding carboxylic acids is 1. The molecule has 0 aliphatic rings. The number of anilines is 1. The summed E-state index contributed by atoms with van der Waals surface area (Å²) in [6.45, 7) is 8.05. The normalized spacial score (nSPS) is 11.1. The van der Waals surface area contributed by atoms with E-state index in [1.807, 2.05) is 12.1 Å². The van der Waals surface area contributed by atoms with Gasteiger partial charge in [0.05, 0.1) is 6.20 Å². The minimum absolute atomic E-state index is 0.0823. The molecule has 0 aliphatic heterocycles. The molecule has 1 amide bonds. The summed E-state index contributed by atoms with van der Waals surface area (Å²) in [6.07, 6.45) is 1.32. The lowest BCUT2D eigenvalue weighted by atomic mass is 9.94. The molecule has 128 valence electrons. The lowest BCUT2D eigenvalue weighted by Gasteiger charge is -2.16. The molecular formula is C17H22N4O3. The fraction of sp³-hybridized carbons (Fsp3) is 0.412. The van der Waals surface area contributed by atoms with Crippen molar-refractivity contribution < 1.29 is 14.7 Å². The van der Waals surface area contributed by atoms with Crippen LogP contribution in [0.5, 0.6) is 0 Å². The SMILES string of the molecule is CC(C)c1ccc(NC(=O)c2cn(CC(=O)O)nn2)c(C(C)C)c1.